The van der Waals surface area contributed by atoms with E-state index in [1.807, 2.05) is 31.3 Å². The number of anilines is 1. The minimum absolute atomic E-state index is 0.705. The molecule has 0 amide bonds. The first kappa shape index (κ1) is 15.1. The van der Waals surface area contributed by atoms with Crippen molar-refractivity contribution >= 4 is 56.3 Å². The normalized spacial score (nSPS) is 14.6. The molecule has 0 fully saturated rings. The maximum absolute atomic E-state index is 6.19. The zero-order chi connectivity index (χ0) is 16.0. The van der Waals surface area contributed by atoms with Gasteiger partial charge in [-0.15, -0.1) is 11.8 Å². The first-order valence-corrected chi connectivity index (χ1v) is 9.35. The lowest BCUT2D eigenvalue weighted by Gasteiger charge is -2.22. The second kappa shape index (κ2) is 5.89. The number of fused-ring (bicyclic) bond motifs is 1. The molecule has 23 heavy (non-hydrogen) atoms. The molecular formula is C17H13BrClN3S. The number of nitrogens with zero attached hydrogens (tertiary/aromatic N) is 3. The van der Waals surface area contributed by atoms with Crippen molar-refractivity contribution < 1.29 is 0 Å². The molecule has 0 N–H and O–H groups in total. The van der Waals surface area contributed by atoms with Gasteiger partial charge in [-0.25, -0.2) is 4.98 Å². The Hall–Kier alpha value is -1.43. The number of benzene rings is 1. The average Bonchev–Trinajstić information content (AvgIpc) is 3.10. The Bertz CT molecular complexity index is 935. The molecule has 4 rings (SSSR count). The molecule has 0 aliphatic carbocycles. The van der Waals surface area contributed by atoms with Crippen LogP contribution in [0.2, 0.25) is 5.02 Å². The lowest BCUT2D eigenvalue weighted by molar-refractivity contribution is 1.10. The summed E-state index contributed by atoms with van der Waals surface area (Å²) in [5.74, 6) is 0.888. The number of rotatable bonds is 2. The highest BCUT2D eigenvalue weighted by Gasteiger charge is 2.24. The van der Waals surface area contributed by atoms with E-state index in [4.69, 9.17) is 11.6 Å². The van der Waals surface area contributed by atoms with Gasteiger partial charge < -0.3 is 4.90 Å². The molecule has 0 atom stereocenters. The minimum Gasteiger partial charge on any atom is -0.329 e. The lowest BCUT2D eigenvalue weighted by Crippen LogP contribution is -2.18. The Balaban J connectivity index is 1.86. The average molecular weight is 407 g/mol. The van der Waals surface area contributed by atoms with E-state index in [9.17, 15) is 0 Å². The summed E-state index contributed by atoms with van der Waals surface area (Å²) in [6.45, 7) is 2.04. The molecule has 3 aromatic rings. The molecule has 0 bridgehead atoms. The zero-order valence-corrected chi connectivity index (χ0v) is 15.5. The predicted octanol–water partition coefficient (Wildman–Crippen LogP) is 5.57. The number of pyridine rings is 1. The maximum Gasteiger partial charge on any atom is 0.137 e. The smallest absolute Gasteiger partial charge is 0.137 e. The van der Waals surface area contributed by atoms with E-state index in [1.165, 1.54) is 0 Å². The molecule has 3 heterocycles. The van der Waals surface area contributed by atoms with Crippen molar-refractivity contribution in [2.45, 2.75) is 6.92 Å². The third-order valence-corrected chi connectivity index (χ3v) is 5.32. The third-order valence-electron chi connectivity index (χ3n) is 3.81. The van der Waals surface area contributed by atoms with Crippen LogP contribution in [-0.4, -0.2) is 15.3 Å². The number of hydrogen-bond donors (Lipinski definition) is 0. The molecule has 0 saturated heterocycles. The van der Waals surface area contributed by atoms with Crippen LogP contribution in [0.4, 0.5) is 5.69 Å². The molecule has 1 aliphatic heterocycles. The topological polar surface area (TPSA) is 20.5 Å². The lowest BCUT2D eigenvalue weighted by atomic mass is 10.2. The van der Waals surface area contributed by atoms with Crippen LogP contribution in [0.5, 0.6) is 0 Å². The fourth-order valence-electron chi connectivity index (χ4n) is 2.81. The predicted molar refractivity (Wildman–Crippen MR) is 102 cm³/mol. The SMILES string of the molecule is Cc1nc2ccc(Cl)cn2c1C1=CSCN1c1cccc(Br)c1. The summed E-state index contributed by atoms with van der Waals surface area (Å²) in [6.07, 6.45) is 1.93. The maximum atomic E-state index is 6.19. The molecule has 1 aliphatic rings. The van der Waals surface area contributed by atoms with Gasteiger partial charge in [0.25, 0.3) is 0 Å². The van der Waals surface area contributed by atoms with Gasteiger partial charge in [0.2, 0.25) is 0 Å². The molecule has 2 aromatic heterocycles. The first-order chi connectivity index (χ1) is 11.1. The van der Waals surface area contributed by atoms with Crippen LogP contribution in [0, 0.1) is 6.92 Å². The fraction of sp³-hybridized carbons (Fsp3) is 0.118. The van der Waals surface area contributed by atoms with Gasteiger partial charge in [-0.3, -0.25) is 4.40 Å². The van der Waals surface area contributed by atoms with Gasteiger partial charge in [-0.05, 0) is 42.7 Å². The number of aromatic nitrogens is 2. The molecule has 116 valence electrons. The number of halogens is 2. The number of aryl methyl sites for hydroxylation is 1. The fourth-order valence-corrected chi connectivity index (χ4v) is 4.27. The third kappa shape index (κ3) is 2.67. The van der Waals surface area contributed by atoms with Crippen LogP contribution < -0.4 is 4.90 Å². The van der Waals surface area contributed by atoms with Crippen molar-refractivity contribution in [2.24, 2.45) is 0 Å². The van der Waals surface area contributed by atoms with Crippen LogP contribution in [-0.2, 0) is 0 Å². The Kier molecular flexibility index (Phi) is 3.87. The van der Waals surface area contributed by atoms with Crippen molar-refractivity contribution in [2.75, 3.05) is 10.8 Å². The van der Waals surface area contributed by atoms with Crippen molar-refractivity contribution in [3.8, 4) is 0 Å². The molecular weight excluding hydrogens is 394 g/mol. The molecule has 0 unspecified atom stereocenters. The zero-order valence-electron chi connectivity index (χ0n) is 12.3. The van der Waals surface area contributed by atoms with E-state index in [0.29, 0.717) is 5.02 Å². The van der Waals surface area contributed by atoms with Gasteiger partial charge in [-0.1, -0.05) is 33.6 Å². The first-order valence-electron chi connectivity index (χ1n) is 7.13. The number of thioether (sulfide) groups is 1. The quantitative estimate of drug-likeness (QED) is 0.555. The Morgan fingerprint density at radius 3 is 2.96 bits per heavy atom. The molecule has 0 radical (unpaired) electrons. The standard InChI is InChI=1S/C17H13BrClN3S/c1-11-17(21-8-13(19)5-6-16(21)20-11)15-9-23-10-22(15)14-4-2-3-12(18)7-14/h2-9H,10H2,1H3. The Morgan fingerprint density at radius 2 is 2.13 bits per heavy atom. The van der Waals surface area contributed by atoms with Crippen molar-refractivity contribution in [3.05, 3.63) is 68.9 Å². The summed E-state index contributed by atoms with van der Waals surface area (Å²) >= 11 is 11.5. The minimum atomic E-state index is 0.705. The van der Waals surface area contributed by atoms with Crippen LogP contribution in [0.15, 0.2) is 52.5 Å². The van der Waals surface area contributed by atoms with E-state index in [0.717, 1.165) is 38.8 Å². The highest BCUT2D eigenvalue weighted by Crippen LogP contribution is 2.37. The number of hydrogen-bond acceptors (Lipinski definition) is 3. The second-order valence-electron chi connectivity index (χ2n) is 5.33. The van der Waals surface area contributed by atoms with Crippen LogP contribution >= 0.6 is 39.3 Å². The van der Waals surface area contributed by atoms with E-state index in [1.54, 1.807) is 11.8 Å². The highest BCUT2D eigenvalue weighted by molar-refractivity contribution is 9.10. The largest absolute Gasteiger partial charge is 0.329 e. The molecule has 0 spiro atoms. The summed E-state index contributed by atoms with van der Waals surface area (Å²) in [4.78, 5) is 6.96. The van der Waals surface area contributed by atoms with Crippen LogP contribution in [0.1, 0.15) is 11.4 Å². The molecule has 3 nitrogen and oxygen atoms in total. The van der Waals surface area contributed by atoms with Gasteiger partial charge in [0.05, 0.1) is 28.0 Å². The monoisotopic (exact) mass is 405 g/mol. The van der Waals surface area contributed by atoms with Gasteiger partial charge in [-0.2, -0.15) is 0 Å². The second-order valence-corrected chi connectivity index (χ2v) is 7.51. The summed E-state index contributed by atoms with van der Waals surface area (Å²) < 4.78 is 3.14. The molecule has 0 saturated carbocycles. The van der Waals surface area contributed by atoms with E-state index in [-0.39, 0.29) is 0 Å². The number of imidazole rings is 1. The Morgan fingerprint density at radius 1 is 1.26 bits per heavy atom. The van der Waals surface area contributed by atoms with E-state index in [2.05, 4.69) is 53.8 Å². The summed E-state index contributed by atoms with van der Waals surface area (Å²) in [5.41, 5.74) is 5.31. The van der Waals surface area contributed by atoms with Crippen LogP contribution in [0.25, 0.3) is 11.3 Å². The summed E-state index contributed by atoms with van der Waals surface area (Å²) in [6, 6.07) is 12.2. The van der Waals surface area contributed by atoms with E-state index >= 15 is 0 Å². The molecule has 1 aromatic carbocycles. The van der Waals surface area contributed by atoms with Gasteiger partial charge in [0, 0.05) is 16.4 Å². The van der Waals surface area contributed by atoms with E-state index < -0.39 is 0 Å². The Labute approximate surface area is 152 Å². The van der Waals surface area contributed by atoms with Gasteiger partial charge >= 0.3 is 0 Å². The highest BCUT2D eigenvalue weighted by atomic mass is 79.9. The van der Waals surface area contributed by atoms with Gasteiger partial charge in [0.15, 0.2) is 0 Å². The molecule has 6 heteroatoms. The summed E-state index contributed by atoms with van der Waals surface area (Å²) in [7, 11) is 0. The van der Waals surface area contributed by atoms with Crippen molar-refractivity contribution in [3.63, 3.8) is 0 Å². The van der Waals surface area contributed by atoms with Crippen molar-refractivity contribution in [1.29, 1.82) is 0 Å². The summed E-state index contributed by atoms with van der Waals surface area (Å²) in [5, 5.41) is 2.90. The van der Waals surface area contributed by atoms with Crippen LogP contribution in [0.3, 0.4) is 0 Å². The van der Waals surface area contributed by atoms with Gasteiger partial charge in [0.1, 0.15) is 5.65 Å². The van der Waals surface area contributed by atoms with Crippen molar-refractivity contribution in [1.82, 2.24) is 9.38 Å².